The number of hydrogen-bond acceptors (Lipinski definition) is 8. The van der Waals surface area contributed by atoms with Crippen LogP contribution in [0.4, 0.5) is 0 Å². The van der Waals surface area contributed by atoms with Gasteiger partial charge in [0.1, 0.15) is 17.4 Å². The minimum absolute atomic E-state index is 0.0689. The van der Waals surface area contributed by atoms with Crippen LogP contribution >= 0.6 is 0 Å². The van der Waals surface area contributed by atoms with Gasteiger partial charge >= 0.3 is 11.9 Å². The molecule has 1 aromatic rings. The average molecular weight is 397 g/mol. The lowest BCUT2D eigenvalue weighted by Crippen LogP contribution is -2.47. The second-order valence-corrected chi connectivity index (χ2v) is 5.94. The highest BCUT2D eigenvalue weighted by Gasteiger charge is 2.27. The van der Waals surface area contributed by atoms with Gasteiger partial charge in [-0.25, -0.2) is 9.59 Å². The van der Waals surface area contributed by atoms with E-state index in [-0.39, 0.29) is 17.2 Å². The van der Waals surface area contributed by atoms with Crippen LogP contribution in [0.3, 0.4) is 0 Å². The van der Waals surface area contributed by atoms with Crippen LogP contribution in [0.1, 0.15) is 30.6 Å². The number of ether oxygens (including phenoxy) is 5. The lowest BCUT2D eigenvalue weighted by Gasteiger charge is -2.21. The van der Waals surface area contributed by atoms with E-state index in [9.17, 15) is 14.4 Å². The smallest absolute Gasteiger partial charge is 0.342 e. The van der Waals surface area contributed by atoms with Crippen LogP contribution < -0.4 is 19.5 Å². The summed E-state index contributed by atoms with van der Waals surface area (Å²) in [5, 5.41) is 2.53. The molecule has 0 spiro atoms. The lowest BCUT2D eigenvalue weighted by molar-refractivity contribution is -0.147. The Labute approximate surface area is 164 Å². The third kappa shape index (κ3) is 5.77. The van der Waals surface area contributed by atoms with Gasteiger partial charge in [-0.1, -0.05) is 20.3 Å². The predicted molar refractivity (Wildman–Crippen MR) is 99.8 cm³/mol. The molecule has 1 aromatic carbocycles. The molecule has 1 amide bonds. The van der Waals surface area contributed by atoms with Crippen molar-refractivity contribution >= 4 is 17.8 Å². The Kier molecular flexibility index (Phi) is 9.07. The quantitative estimate of drug-likeness (QED) is 0.593. The van der Waals surface area contributed by atoms with Crippen molar-refractivity contribution in [1.29, 1.82) is 0 Å². The molecule has 2 atom stereocenters. The summed E-state index contributed by atoms with van der Waals surface area (Å²) in [5.74, 6) is -1.22. The number of carbonyl (C=O) groups is 3. The van der Waals surface area contributed by atoms with Crippen molar-refractivity contribution in [1.82, 2.24) is 5.32 Å². The highest BCUT2D eigenvalue weighted by molar-refractivity contribution is 5.95. The number of carbonyl (C=O) groups excluding carboxylic acids is 3. The second kappa shape index (κ2) is 11.0. The Morgan fingerprint density at radius 1 is 0.964 bits per heavy atom. The van der Waals surface area contributed by atoms with E-state index in [1.165, 1.54) is 40.6 Å². The van der Waals surface area contributed by atoms with Gasteiger partial charge in [0.2, 0.25) is 0 Å². The van der Waals surface area contributed by atoms with Gasteiger partial charge in [-0.2, -0.15) is 0 Å². The molecule has 1 N–H and O–H groups in total. The molecule has 0 aliphatic heterocycles. The maximum atomic E-state index is 12.4. The van der Waals surface area contributed by atoms with Crippen LogP contribution in [0.25, 0.3) is 0 Å². The molecule has 156 valence electrons. The van der Waals surface area contributed by atoms with E-state index >= 15 is 0 Å². The van der Waals surface area contributed by atoms with Crippen molar-refractivity contribution in [2.75, 3.05) is 35.0 Å². The van der Waals surface area contributed by atoms with E-state index < -0.39 is 30.5 Å². The minimum atomic E-state index is -0.822. The largest absolute Gasteiger partial charge is 0.496 e. The molecule has 0 aliphatic carbocycles. The van der Waals surface area contributed by atoms with Crippen LogP contribution in [-0.4, -0.2) is 58.9 Å². The maximum absolute atomic E-state index is 12.4. The first-order valence-corrected chi connectivity index (χ1v) is 8.67. The standard InChI is InChI=1S/C19H27NO8/c1-7-11(2)17(19(23)27-6)20-16(21)10-28-18(22)12-8-14(25-4)15(26-5)9-13(12)24-3/h8-9,11,17H,7,10H2,1-6H3,(H,20,21)/t11-,17-/m1/s1. The second-order valence-electron chi connectivity index (χ2n) is 5.94. The highest BCUT2D eigenvalue weighted by atomic mass is 16.5. The lowest BCUT2D eigenvalue weighted by atomic mass is 9.99. The van der Waals surface area contributed by atoms with Crippen molar-refractivity contribution in [2.24, 2.45) is 5.92 Å². The summed E-state index contributed by atoms with van der Waals surface area (Å²) in [6.07, 6.45) is 0.655. The van der Waals surface area contributed by atoms with E-state index in [1.807, 2.05) is 13.8 Å². The third-order valence-corrected chi connectivity index (χ3v) is 4.24. The molecule has 0 saturated heterocycles. The van der Waals surface area contributed by atoms with Gasteiger partial charge in [-0.15, -0.1) is 0 Å². The molecule has 0 saturated carbocycles. The zero-order valence-corrected chi connectivity index (χ0v) is 17.0. The van der Waals surface area contributed by atoms with Gasteiger partial charge in [0.25, 0.3) is 5.91 Å². The minimum Gasteiger partial charge on any atom is -0.496 e. The van der Waals surface area contributed by atoms with Crippen LogP contribution in [0.5, 0.6) is 17.2 Å². The molecule has 1 rings (SSSR count). The number of esters is 2. The molecule has 0 aliphatic rings. The molecule has 0 radical (unpaired) electrons. The van der Waals surface area contributed by atoms with Gasteiger partial charge in [0.05, 0.1) is 28.4 Å². The molecule has 0 fully saturated rings. The van der Waals surface area contributed by atoms with E-state index in [0.717, 1.165) is 0 Å². The van der Waals surface area contributed by atoms with Crippen molar-refractivity contribution in [2.45, 2.75) is 26.3 Å². The SMILES string of the molecule is CC[C@@H](C)[C@@H](NC(=O)COC(=O)c1cc(OC)c(OC)cc1OC)C(=O)OC. The van der Waals surface area contributed by atoms with E-state index in [1.54, 1.807) is 0 Å². The summed E-state index contributed by atoms with van der Waals surface area (Å²) >= 11 is 0. The number of hydrogen-bond donors (Lipinski definition) is 1. The van der Waals surface area contributed by atoms with Gasteiger partial charge in [-0.3, -0.25) is 4.79 Å². The fraction of sp³-hybridized carbons (Fsp3) is 0.526. The van der Waals surface area contributed by atoms with E-state index in [0.29, 0.717) is 17.9 Å². The molecule has 9 heteroatoms. The zero-order valence-electron chi connectivity index (χ0n) is 17.0. The summed E-state index contributed by atoms with van der Waals surface area (Å²) in [6.45, 7) is 3.12. The van der Waals surface area contributed by atoms with E-state index in [2.05, 4.69) is 5.32 Å². The molecule has 0 aromatic heterocycles. The first-order chi connectivity index (χ1) is 13.3. The summed E-state index contributed by atoms with van der Waals surface area (Å²) in [4.78, 5) is 36.4. The summed E-state index contributed by atoms with van der Waals surface area (Å²) in [7, 11) is 5.51. The number of nitrogens with one attached hydrogen (secondary N) is 1. The normalized spacial score (nSPS) is 12.4. The van der Waals surface area contributed by atoms with Crippen molar-refractivity contribution in [3.8, 4) is 17.2 Å². The number of rotatable bonds is 10. The van der Waals surface area contributed by atoms with Gasteiger partial charge in [0.15, 0.2) is 18.1 Å². The Morgan fingerprint density at radius 2 is 1.54 bits per heavy atom. The summed E-state index contributed by atoms with van der Waals surface area (Å²) in [5.41, 5.74) is 0.0689. The molecular formula is C19H27NO8. The van der Waals surface area contributed by atoms with E-state index in [4.69, 9.17) is 23.7 Å². The van der Waals surface area contributed by atoms with Crippen LogP contribution in [-0.2, 0) is 19.1 Å². The predicted octanol–water partition coefficient (Wildman–Crippen LogP) is 1.57. The molecule has 28 heavy (non-hydrogen) atoms. The topological polar surface area (TPSA) is 109 Å². The summed E-state index contributed by atoms with van der Waals surface area (Å²) < 4.78 is 25.3. The maximum Gasteiger partial charge on any atom is 0.342 e. The first kappa shape index (κ1) is 23.1. The van der Waals surface area contributed by atoms with Crippen molar-refractivity contribution in [3.63, 3.8) is 0 Å². The molecule has 9 nitrogen and oxygen atoms in total. The Bertz CT molecular complexity index is 703. The average Bonchev–Trinajstić information content (AvgIpc) is 2.73. The fourth-order valence-electron chi connectivity index (χ4n) is 2.41. The Hall–Kier alpha value is -2.97. The molecular weight excluding hydrogens is 370 g/mol. The van der Waals surface area contributed by atoms with Gasteiger partial charge < -0.3 is 29.0 Å². The monoisotopic (exact) mass is 397 g/mol. The van der Waals surface area contributed by atoms with Crippen molar-refractivity contribution in [3.05, 3.63) is 17.7 Å². The van der Waals surface area contributed by atoms with Crippen molar-refractivity contribution < 1.29 is 38.1 Å². The Morgan fingerprint density at radius 3 is 2.04 bits per heavy atom. The molecule has 0 unspecified atom stereocenters. The number of amides is 1. The molecule has 0 heterocycles. The zero-order chi connectivity index (χ0) is 21.3. The number of methoxy groups -OCH3 is 4. The summed E-state index contributed by atoms with van der Waals surface area (Å²) in [6, 6.07) is 2.05. The fourth-order valence-corrected chi connectivity index (χ4v) is 2.41. The van der Waals surface area contributed by atoms with Gasteiger partial charge in [0, 0.05) is 12.1 Å². The number of benzene rings is 1. The Balaban J connectivity index is 2.85. The van der Waals surface area contributed by atoms with Crippen LogP contribution in [0.2, 0.25) is 0 Å². The third-order valence-electron chi connectivity index (χ3n) is 4.24. The van der Waals surface area contributed by atoms with Crippen LogP contribution in [0, 0.1) is 5.92 Å². The van der Waals surface area contributed by atoms with Gasteiger partial charge in [-0.05, 0) is 5.92 Å². The first-order valence-electron chi connectivity index (χ1n) is 8.67. The highest BCUT2D eigenvalue weighted by Crippen LogP contribution is 2.34. The van der Waals surface area contributed by atoms with Crippen LogP contribution in [0.15, 0.2) is 12.1 Å². The molecule has 0 bridgehead atoms.